The molecule has 21 heavy (non-hydrogen) atoms. The third-order valence-corrected chi connectivity index (χ3v) is 2.82. The molecule has 0 fully saturated rings. The number of aromatic carboxylic acids is 1. The zero-order chi connectivity index (χ0) is 15.4. The van der Waals surface area contributed by atoms with Gasteiger partial charge >= 0.3 is 5.97 Å². The number of anilines is 1. The summed E-state index contributed by atoms with van der Waals surface area (Å²) in [6.07, 6.45) is 0. The van der Waals surface area contributed by atoms with Crippen molar-refractivity contribution < 1.29 is 19.4 Å². The van der Waals surface area contributed by atoms with E-state index in [0.717, 1.165) is 0 Å². The summed E-state index contributed by atoms with van der Waals surface area (Å²) in [5, 5.41) is 11.6. The van der Waals surface area contributed by atoms with Crippen LogP contribution in [0.4, 0.5) is 5.69 Å². The van der Waals surface area contributed by atoms with Gasteiger partial charge in [-0.2, -0.15) is 0 Å². The number of rotatable bonds is 4. The van der Waals surface area contributed by atoms with Crippen molar-refractivity contribution in [2.24, 2.45) is 0 Å². The van der Waals surface area contributed by atoms with E-state index < -0.39 is 11.9 Å². The van der Waals surface area contributed by atoms with Crippen LogP contribution < -0.4 is 10.1 Å². The highest BCUT2D eigenvalue weighted by molar-refractivity contribution is 6.04. The average Bonchev–Trinajstić information content (AvgIpc) is 2.47. The minimum Gasteiger partial charge on any atom is -0.495 e. The molecule has 2 rings (SSSR count). The van der Waals surface area contributed by atoms with Crippen LogP contribution >= 0.6 is 0 Å². The lowest BCUT2D eigenvalue weighted by Crippen LogP contribution is -2.15. The van der Waals surface area contributed by atoms with Gasteiger partial charge in [-0.1, -0.05) is 6.07 Å². The van der Waals surface area contributed by atoms with Crippen LogP contribution in [0.15, 0.2) is 36.4 Å². The van der Waals surface area contributed by atoms with E-state index in [4.69, 9.17) is 9.84 Å². The Balaban J connectivity index is 2.31. The number of amides is 1. The van der Waals surface area contributed by atoms with E-state index in [2.05, 4.69) is 10.3 Å². The van der Waals surface area contributed by atoms with Gasteiger partial charge in [0.25, 0.3) is 5.91 Å². The zero-order valence-electron chi connectivity index (χ0n) is 11.6. The SMILES string of the molecule is COc1ccc(C(=O)O)cc1NC(=O)c1cccc(C)n1. The summed E-state index contributed by atoms with van der Waals surface area (Å²) in [7, 11) is 1.44. The largest absolute Gasteiger partial charge is 0.495 e. The van der Waals surface area contributed by atoms with Crippen molar-refractivity contribution in [3.8, 4) is 5.75 Å². The van der Waals surface area contributed by atoms with Crippen LogP contribution in [0.5, 0.6) is 5.75 Å². The second-order valence-corrected chi connectivity index (χ2v) is 4.34. The van der Waals surface area contributed by atoms with Gasteiger partial charge in [0, 0.05) is 5.69 Å². The fourth-order valence-electron chi connectivity index (χ4n) is 1.79. The summed E-state index contributed by atoms with van der Waals surface area (Å²) in [5.41, 5.74) is 1.31. The smallest absolute Gasteiger partial charge is 0.335 e. The van der Waals surface area contributed by atoms with Gasteiger partial charge in [-0.3, -0.25) is 4.79 Å². The number of aryl methyl sites for hydroxylation is 1. The number of aromatic nitrogens is 1. The van der Waals surface area contributed by atoms with E-state index >= 15 is 0 Å². The summed E-state index contributed by atoms with van der Waals surface area (Å²) < 4.78 is 5.11. The number of nitrogens with zero attached hydrogens (tertiary/aromatic N) is 1. The Kier molecular flexibility index (Phi) is 4.18. The van der Waals surface area contributed by atoms with Crippen LogP contribution in [0.25, 0.3) is 0 Å². The van der Waals surface area contributed by atoms with Crippen LogP contribution in [0, 0.1) is 6.92 Å². The molecule has 1 aromatic heterocycles. The quantitative estimate of drug-likeness (QED) is 0.900. The Morgan fingerprint density at radius 1 is 1.24 bits per heavy atom. The fourth-order valence-corrected chi connectivity index (χ4v) is 1.79. The molecule has 0 radical (unpaired) electrons. The molecular weight excluding hydrogens is 272 g/mol. The molecule has 2 N–H and O–H groups in total. The van der Waals surface area contributed by atoms with E-state index in [1.807, 2.05) is 0 Å². The molecule has 0 aliphatic rings. The lowest BCUT2D eigenvalue weighted by molar-refractivity contribution is 0.0696. The minimum atomic E-state index is -1.08. The van der Waals surface area contributed by atoms with E-state index in [-0.39, 0.29) is 16.9 Å². The van der Waals surface area contributed by atoms with Crippen molar-refractivity contribution in [1.29, 1.82) is 0 Å². The molecule has 0 aliphatic heterocycles. The minimum absolute atomic E-state index is 0.0586. The lowest BCUT2D eigenvalue weighted by Gasteiger charge is -2.11. The van der Waals surface area contributed by atoms with Gasteiger partial charge in [0.15, 0.2) is 0 Å². The number of hydrogen-bond acceptors (Lipinski definition) is 4. The standard InChI is InChI=1S/C15H14N2O4/c1-9-4-3-5-11(16-9)14(18)17-12-8-10(15(19)20)6-7-13(12)21-2/h3-8H,1-2H3,(H,17,18)(H,19,20). The Labute approximate surface area is 121 Å². The summed E-state index contributed by atoms with van der Waals surface area (Å²) in [5.74, 6) is -1.14. The maximum absolute atomic E-state index is 12.1. The number of hydrogen-bond donors (Lipinski definition) is 2. The highest BCUT2D eigenvalue weighted by atomic mass is 16.5. The molecular formula is C15H14N2O4. The second-order valence-electron chi connectivity index (χ2n) is 4.34. The normalized spacial score (nSPS) is 10.0. The molecule has 0 spiro atoms. The van der Waals surface area contributed by atoms with Gasteiger partial charge in [-0.15, -0.1) is 0 Å². The zero-order valence-corrected chi connectivity index (χ0v) is 11.6. The second kappa shape index (κ2) is 6.04. The first-order valence-corrected chi connectivity index (χ1v) is 6.17. The number of benzene rings is 1. The molecule has 0 bridgehead atoms. The predicted molar refractivity (Wildman–Crippen MR) is 76.9 cm³/mol. The number of pyridine rings is 1. The number of carbonyl (C=O) groups is 2. The molecule has 1 amide bonds. The van der Waals surface area contributed by atoms with Crippen LogP contribution in [0.3, 0.4) is 0 Å². The van der Waals surface area contributed by atoms with E-state index in [1.165, 1.54) is 25.3 Å². The number of carboxylic acid groups (broad SMARTS) is 1. The van der Waals surface area contributed by atoms with Crippen LogP contribution in [-0.4, -0.2) is 29.1 Å². The highest BCUT2D eigenvalue weighted by Crippen LogP contribution is 2.26. The molecule has 108 valence electrons. The van der Waals surface area contributed by atoms with Gasteiger partial charge in [-0.25, -0.2) is 9.78 Å². The first-order valence-electron chi connectivity index (χ1n) is 6.17. The Morgan fingerprint density at radius 2 is 2.00 bits per heavy atom. The van der Waals surface area contributed by atoms with Crippen molar-refractivity contribution in [3.63, 3.8) is 0 Å². The van der Waals surface area contributed by atoms with Crippen LogP contribution in [0.2, 0.25) is 0 Å². The number of carbonyl (C=O) groups excluding carboxylic acids is 1. The molecule has 0 aliphatic carbocycles. The first kappa shape index (κ1) is 14.5. The third-order valence-electron chi connectivity index (χ3n) is 2.82. The first-order chi connectivity index (χ1) is 10.0. The van der Waals surface area contributed by atoms with Crippen molar-refractivity contribution in [2.75, 3.05) is 12.4 Å². The van der Waals surface area contributed by atoms with Crippen LogP contribution in [0.1, 0.15) is 26.5 Å². The van der Waals surface area contributed by atoms with E-state index in [1.54, 1.807) is 25.1 Å². The van der Waals surface area contributed by atoms with E-state index in [9.17, 15) is 9.59 Å². The van der Waals surface area contributed by atoms with Gasteiger partial charge < -0.3 is 15.2 Å². The van der Waals surface area contributed by atoms with Gasteiger partial charge in [-0.05, 0) is 37.3 Å². The average molecular weight is 286 g/mol. The van der Waals surface area contributed by atoms with Gasteiger partial charge in [0.05, 0.1) is 18.4 Å². The number of ether oxygens (including phenoxy) is 1. The van der Waals surface area contributed by atoms with E-state index in [0.29, 0.717) is 11.4 Å². The van der Waals surface area contributed by atoms with Gasteiger partial charge in [0.1, 0.15) is 11.4 Å². The molecule has 6 heteroatoms. The summed E-state index contributed by atoms with van der Waals surface area (Å²) >= 11 is 0. The number of carboxylic acids is 1. The molecule has 0 saturated carbocycles. The van der Waals surface area contributed by atoms with Crippen molar-refractivity contribution in [3.05, 3.63) is 53.3 Å². The highest BCUT2D eigenvalue weighted by Gasteiger charge is 2.13. The summed E-state index contributed by atoms with van der Waals surface area (Å²) in [4.78, 5) is 27.2. The molecule has 6 nitrogen and oxygen atoms in total. The number of methoxy groups -OCH3 is 1. The molecule has 2 aromatic rings. The predicted octanol–water partition coefficient (Wildman–Crippen LogP) is 2.35. The van der Waals surface area contributed by atoms with Crippen molar-refractivity contribution in [2.45, 2.75) is 6.92 Å². The maximum atomic E-state index is 12.1. The summed E-state index contributed by atoms with van der Waals surface area (Å²) in [6.45, 7) is 1.78. The van der Waals surface area contributed by atoms with Crippen molar-refractivity contribution >= 4 is 17.6 Å². The monoisotopic (exact) mass is 286 g/mol. The van der Waals surface area contributed by atoms with Crippen molar-refractivity contribution in [1.82, 2.24) is 4.98 Å². The number of nitrogens with one attached hydrogen (secondary N) is 1. The molecule has 1 aromatic carbocycles. The molecule has 1 heterocycles. The summed E-state index contributed by atoms with van der Waals surface area (Å²) in [6, 6.07) is 9.32. The lowest BCUT2D eigenvalue weighted by atomic mass is 10.2. The molecule has 0 unspecified atom stereocenters. The maximum Gasteiger partial charge on any atom is 0.335 e. The Morgan fingerprint density at radius 3 is 2.62 bits per heavy atom. The Bertz CT molecular complexity index is 698. The van der Waals surface area contributed by atoms with Crippen LogP contribution in [-0.2, 0) is 0 Å². The Hall–Kier alpha value is -2.89. The van der Waals surface area contributed by atoms with Gasteiger partial charge in [0.2, 0.25) is 0 Å². The third kappa shape index (κ3) is 3.36. The topological polar surface area (TPSA) is 88.5 Å². The fraction of sp³-hybridized carbons (Fsp3) is 0.133. The molecule has 0 atom stereocenters. The molecule has 0 saturated heterocycles.